The summed E-state index contributed by atoms with van der Waals surface area (Å²) in [6.07, 6.45) is -1.10. The Hall–Kier alpha value is -2.92. The molecule has 3 aliphatic carbocycles. The Morgan fingerprint density at radius 1 is 0.884 bits per heavy atom. The fourth-order valence-electron chi connectivity index (χ4n) is 10.7. The van der Waals surface area contributed by atoms with Crippen LogP contribution in [0.2, 0.25) is 0 Å². The Morgan fingerprint density at radius 2 is 1.49 bits per heavy atom. The van der Waals surface area contributed by atoms with Crippen molar-refractivity contribution in [2.45, 2.75) is 117 Å². The quantitative estimate of drug-likeness (QED) is 0.305. The van der Waals surface area contributed by atoms with E-state index in [0.29, 0.717) is 12.0 Å². The third-order valence-corrected chi connectivity index (χ3v) is 12.1. The predicted molar refractivity (Wildman–Crippen MR) is 147 cm³/mol. The number of hydrogen-bond donors (Lipinski definition) is 1. The number of epoxide rings is 1. The van der Waals surface area contributed by atoms with Gasteiger partial charge >= 0.3 is 23.9 Å². The summed E-state index contributed by atoms with van der Waals surface area (Å²) in [5.74, 6) is -2.96. The average Bonchev–Trinajstić information content (AvgIpc) is 3.46. The van der Waals surface area contributed by atoms with Crippen molar-refractivity contribution in [3.05, 3.63) is 24.2 Å². The monoisotopic (exact) mass is 602 g/mol. The van der Waals surface area contributed by atoms with Crippen LogP contribution in [0.5, 0.6) is 0 Å². The van der Waals surface area contributed by atoms with Crippen LogP contribution in [0.1, 0.15) is 86.3 Å². The van der Waals surface area contributed by atoms with Crippen LogP contribution < -0.4 is 0 Å². The summed E-state index contributed by atoms with van der Waals surface area (Å²) in [7, 11) is 0. The summed E-state index contributed by atoms with van der Waals surface area (Å²) >= 11 is 0. The van der Waals surface area contributed by atoms with Crippen LogP contribution in [0.15, 0.2) is 23.0 Å². The van der Waals surface area contributed by atoms with Crippen molar-refractivity contribution in [2.24, 2.45) is 33.5 Å². The lowest BCUT2D eigenvalue weighted by atomic mass is 9.33. The Kier molecular flexibility index (Phi) is 6.51. The summed E-state index contributed by atoms with van der Waals surface area (Å²) in [4.78, 5) is 51.0. The van der Waals surface area contributed by atoms with Crippen LogP contribution in [-0.4, -0.2) is 65.1 Å². The van der Waals surface area contributed by atoms with E-state index < -0.39 is 93.7 Å². The van der Waals surface area contributed by atoms with E-state index in [9.17, 15) is 24.3 Å². The number of furan rings is 1. The molecule has 1 spiro atoms. The first-order valence-corrected chi connectivity index (χ1v) is 15.1. The van der Waals surface area contributed by atoms with Crippen molar-refractivity contribution < 1.29 is 52.4 Å². The molecule has 1 aromatic rings. The zero-order valence-corrected chi connectivity index (χ0v) is 26.0. The molecular weight excluding hydrogens is 560 g/mol. The fourth-order valence-corrected chi connectivity index (χ4v) is 10.7. The van der Waals surface area contributed by atoms with Gasteiger partial charge in [0.25, 0.3) is 0 Å². The highest BCUT2D eigenvalue weighted by atomic mass is 16.7. The van der Waals surface area contributed by atoms with Crippen LogP contribution >= 0.6 is 0 Å². The third-order valence-electron chi connectivity index (χ3n) is 12.1. The lowest BCUT2D eigenvalue weighted by Crippen LogP contribution is -2.78. The van der Waals surface area contributed by atoms with Crippen molar-refractivity contribution in [1.29, 1.82) is 0 Å². The number of aliphatic hydroxyl groups excluding tert-OH is 1. The van der Waals surface area contributed by atoms with Gasteiger partial charge in [-0.2, -0.15) is 0 Å². The second-order valence-corrected chi connectivity index (χ2v) is 14.6. The highest BCUT2D eigenvalue weighted by Gasteiger charge is 2.90. The smallest absolute Gasteiger partial charge is 0.339 e. The molecule has 5 fully saturated rings. The first-order chi connectivity index (χ1) is 20.0. The van der Waals surface area contributed by atoms with Gasteiger partial charge in [-0.25, -0.2) is 4.79 Å². The number of rotatable bonds is 4. The average molecular weight is 603 g/mol. The van der Waals surface area contributed by atoms with Crippen LogP contribution in [0.4, 0.5) is 0 Å². The molecule has 1 N–H and O–H groups in total. The number of fused-ring (bicyclic) bond motifs is 3. The van der Waals surface area contributed by atoms with Gasteiger partial charge < -0.3 is 33.2 Å². The summed E-state index contributed by atoms with van der Waals surface area (Å²) in [5.41, 5.74) is -4.14. The summed E-state index contributed by atoms with van der Waals surface area (Å²) < 4.78 is 35.9. The van der Waals surface area contributed by atoms with Gasteiger partial charge in [-0.3, -0.25) is 14.4 Å². The number of carbonyl (C=O) groups excluding carboxylic acids is 4. The second-order valence-electron chi connectivity index (χ2n) is 14.6. The lowest BCUT2D eigenvalue weighted by Gasteiger charge is -2.72. The first kappa shape index (κ1) is 30.1. The standard InChI is InChI=1S/C32H42O11/c1-15(33)39-21-12-22(40-16(2)34)30(7)20(28(21,4)5)11-23(41-17(3)35)31(8)24(30)19(36)13-29(6)25(18-9-10-38-14-18)42-27(37)26-32(29,31)43-26/h9-10,14,19-26,36H,11-13H2,1-8H3/t19?,20-,21+,22-,23+,24+,25-,26+,29-,30+,31+,32+/m0/s1. The van der Waals surface area contributed by atoms with Gasteiger partial charge in [0.1, 0.15) is 30.0 Å². The minimum Gasteiger partial charge on any atom is -0.472 e. The molecule has 0 bridgehead atoms. The van der Waals surface area contributed by atoms with E-state index in [1.807, 2.05) is 34.6 Å². The molecule has 5 aliphatic rings. The number of cyclic esters (lactones) is 1. The number of hydrogen-bond acceptors (Lipinski definition) is 11. The van der Waals surface area contributed by atoms with Crippen molar-refractivity contribution in [3.8, 4) is 0 Å². The molecular formula is C32H42O11. The van der Waals surface area contributed by atoms with E-state index >= 15 is 0 Å². The molecule has 3 heterocycles. The van der Waals surface area contributed by atoms with Gasteiger partial charge in [-0.15, -0.1) is 0 Å². The third kappa shape index (κ3) is 3.73. The van der Waals surface area contributed by atoms with E-state index in [0.717, 1.165) is 0 Å². The molecule has 6 rings (SSSR count). The molecule has 236 valence electrons. The van der Waals surface area contributed by atoms with Crippen LogP contribution in [0, 0.1) is 33.5 Å². The largest absolute Gasteiger partial charge is 0.472 e. The number of aliphatic hydroxyl groups is 1. The Labute approximate surface area is 250 Å². The molecule has 43 heavy (non-hydrogen) atoms. The van der Waals surface area contributed by atoms with Crippen molar-refractivity contribution in [3.63, 3.8) is 0 Å². The highest BCUT2D eigenvalue weighted by Crippen LogP contribution is 2.80. The van der Waals surface area contributed by atoms with Gasteiger partial charge in [0, 0.05) is 60.3 Å². The van der Waals surface area contributed by atoms with Crippen molar-refractivity contribution in [2.75, 3.05) is 0 Å². The number of ether oxygens (including phenoxy) is 5. The highest BCUT2D eigenvalue weighted by molar-refractivity contribution is 5.82. The van der Waals surface area contributed by atoms with Crippen LogP contribution in [0.25, 0.3) is 0 Å². The van der Waals surface area contributed by atoms with E-state index in [1.165, 1.54) is 33.3 Å². The normalized spacial score (nSPS) is 47.4. The molecule has 11 heteroatoms. The van der Waals surface area contributed by atoms with Gasteiger partial charge in [-0.1, -0.05) is 34.6 Å². The summed E-state index contributed by atoms with van der Waals surface area (Å²) in [6, 6.07) is 1.73. The Balaban J connectivity index is 1.57. The molecule has 11 nitrogen and oxygen atoms in total. The minimum atomic E-state index is -1.17. The maximum Gasteiger partial charge on any atom is 0.339 e. The van der Waals surface area contributed by atoms with Crippen molar-refractivity contribution in [1.82, 2.24) is 0 Å². The molecule has 0 radical (unpaired) electrons. The van der Waals surface area contributed by atoms with Gasteiger partial charge in [0.05, 0.1) is 18.6 Å². The van der Waals surface area contributed by atoms with Crippen molar-refractivity contribution >= 4 is 23.9 Å². The van der Waals surface area contributed by atoms with Crippen LogP contribution in [0.3, 0.4) is 0 Å². The summed E-state index contributed by atoms with van der Waals surface area (Å²) in [5, 5.41) is 12.4. The first-order valence-electron chi connectivity index (χ1n) is 15.1. The van der Waals surface area contributed by atoms with E-state index in [2.05, 4.69) is 0 Å². The Bertz CT molecular complexity index is 1350. The molecule has 0 amide bonds. The number of esters is 4. The zero-order chi connectivity index (χ0) is 31.5. The van der Waals surface area contributed by atoms with Crippen LogP contribution in [-0.2, 0) is 42.9 Å². The fraction of sp³-hybridized carbons (Fsp3) is 0.750. The lowest BCUT2D eigenvalue weighted by molar-refractivity contribution is -0.318. The van der Waals surface area contributed by atoms with E-state index in [-0.39, 0.29) is 18.8 Å². The second kappa shape index (κ2) is 9.30. The zero-order valence-electron chi connectivity index (χ0n) is 26.0. The van der Waals surface area contributed by atoms with Gasteiger partial charge in [0.15, 0.2) is 6.10 Å². The Morgan fingerprint density at radius 3 is 2.07 bits per heavy atom. The molecule has 2 aliphatic heterocycles. The van der Waals surface area contributed by atoms with E-state index in [4.69, 9.17) is 28.1 Å². The number of carbonyl (C=O) groups is 4. The maximum absolute atomic E-state index is 13.5. The molecule has 1 unspecified atom stereocenters. The molecule has 0 aromatic carbocycles. The SMILES string of the molecule is CC(=O)O[C@H]1C[C@@H](OC(C)=O)C(C)(C)[C@@H]2C[C@@H](OC(C)=O)[C@]3(C)[C@H](C(O)C[C@@]4(C)[C@H](c5ccoc5)OC(=O)[C@H]5O[C@@]534)[C@@]12C. The molecule has 1 aromatic heterocycles. The van der Waals surface area contributed by atoms with E-state index in [1.54, 1.807) is 6.07 Å². The predicted octanol–water partition coefficient (Wildman–Crippen LogP) is 3.66. The minimum absolute atomic E-state index is 0.197. The molecule has 3 saturated carbocycles. The topological polar surface area (TPSA) is 151 Å². The molecule has 2 saturated heterocycles. The van der Waals surface area contributed by atoms with Gasteiger partial charge in [0.2, 0.25) is 0 Å². The summed E-state index contributed by atoms with van der Waals surface area (Å²) in [6.45, 7) is 13.9. The maximum atomic E-state index is 13.5. The van der Waals surface area contributed by atoms with Gasteiger partial charge in [-0.05, 0) is 24.8 Å². The molecule has 12 atom stereocenters.